The van der Waals surface area contributed by atoms with Crippen molar-refractivity contribution in [2.24, 2.45) is 0 Å². The summed E-state index contributed by atoms with van der Waals surface area (Å²) >= 11 is 1.60. The largest absolute Gasteiger partial charge is 0.495 e. The van der Waals surface area contributed by atoms with Gasteiger partial charge in [-0.25, -0.2) is 4.98 Å². The van der Waals surface area contributed by atoms with Crippen LogP contribution in [0, 0.1) is 0 Å². The lowest BCUT2D eigenvalue weighted by molar-refractivity contribution is 0.420. The summed E-state index contributed by atoms with van der Waals surface area (Å²) in [6.07, 6.45) is 1.78. The van der Waals surface area contributed by atoms with Gasteiger partial charge in [-0.1, -0.05) is 12.1 Å². The molecule has 0 aliphatic rings. The Morgan fingerprint density at radius 3 is 2.82 bits per heavy atom. The highest BCUT2D eigenvalue weighted by Gasteiger charge is 2.10. The van der Waals surface area contributed by atoms with E-state index in [1.807, 2.05) is 36.4 Å². The van der Waals surface area contributed by atoms with E-state index in [9.17, 15) is 0 Å². The van der Waals surface area contributed by atoms with E-state index in [1.165, 1.54) is 0 Å². The second-order valence-electron chi connectivity index (χ2n) is 3.54. The van der Waals surface area contributed by atoms with Crippen molar-refractivity contribution in [3.8, 4) is 16.5 Å². The molecule has 0 aliphatic heterocycles. The Kier molecular flexibility index (Phi) is 2.49. The van der Waals surface area contributed by atoms with Crippen LogP contribution in [-0.4, -0.2) is 17.1 Å². The van der Waals surface area contributed by atoms with Crippen LogP contribution in [-0.2, 0) is 0 Å². The lowest BCUT2D eigenvalue weighted by atomic mass is 10.3. The summed E-state index contributed by atoms with van der Waals surface area (Å²) in [5.74, 6) is 0.863. The zero-order valence-electron chi connectivity index (χ0n) is 9.25. The maximum atomic E-state index is 5.33. The van der Waals surface area contributed by atoms with E-state index in [0.29, 0.717) is 0 Å². The van der Waals surface area contributed by atoms with Crippen LogP contribution in [0.1, 0.15) is 0 Å². The van der Waals surface area contributed by atoms with Gasteiger partial charge in [0.25, 0.3) is 0 Å². The molecule has 1 aromatic carbocycles. The van der Waals surface area contributed by atoms with Crippen molar-refractivity contribution in [3.05, 3.63) is 42.6 Å². The normalized spacial score (nSPS) is 10.6. The van der Waals surface area contributed by atoms with Crippen molar-refractivity contribution in [2.75, 3.05) is 7.11 Å². The summed E-state index contributed by atoms with van der Waals surface area (Å²) in [5, 5.41) is 0.921. The van der Waals surface area contributed by atoms with Gasteiger partial charge in [-0.2, -0.15) is 0 Å². The molecule has 0 aliphatic carbocycles. The van der Waals surface area contributed by atoms with Crippen LogP contribution in [0.15, 0.2) is 42.6 Å². The standard InChI is InChI=1S/C13H10N2OS/c1-16-11-7-4-6-9-12(11)17-13(15-9)10-5-2-3-8-14-10/h2-8H,1H3. The number of methoxy groups -OCH3 is 1. The van der Waals surface area contributed by atoms with Crippen LogP contribution in [0.3, 0.4) is 0 Å². The van der Waals surface area contributed by atoms with Crippen LogP contribution in [0.4, 0.5) is 0 Å². The first kappa shape index (κ1) is 10.2. The molecule has 2 heterocycles. The van der Waals surface area contributed by atoms with Gasteiger partial charge < -0.3 is 4.74 Å². The van der Waals surface area contributed by atoms with Crippen LogP contribution < -0.4 is 4.74 Å². The monoisotopic (exact) mass is 242 g/mol. The molecule has 0 bridgehead atoms. The number of thiazole rings is 1. The molecule has 0 amide bonds. The number of rotatable bonds is 2. The first-order valence-corrected chi connectivity index (χ1v) is 6.05. The lowest BCUT2D eigenvalue weighted by Crippen LogP contribution is -1.81. The fourth-order valence-electron chi connectivity index (χ4n) is 1.68. The molecule has 0 saturated heterocycles. The third-order valence-electron chi connectivity index (χ3n) is 2.48. The Balaban J connectivity index is 2.20. The summed E-state index contributed by atoms with van der Waals surface area (Å²) in [6, 6.07) is 11.7. The summed E-state index contributed by atoms with van der Waals surface area (Å²) in [6.45, 7) is 0. The van der Waals surface area contributed by atoms with Crippen LogP contribution in [0.25, 0.3) is 20.9 Å². The van der Waals surface area contributed by atoms with E-state index in [1.54, 1.807) is 24.6 Å². The van der Waals surface area contributed by atoms with E-state index in [2.05, 4.69) is 9.97 Å². The molecular formula is C13H10N2OS. The zero-order chi connectivity index (χ0) is 11.7. The smallest absolute Gasteiger partial charge is 0.143 e. The predicted molar refractivity (Wildman–Crippen MR) is 69.4 cm³/mol. The fraction of sp³-hybridized carbons (Fsp3) is 0.0769. The first-order valence-electron chi connectivity index (χ1n) is 5.23. The second kappa shape index (κ2) is 4.14. The molecule has 0 unspecified atom stereocenters. The van der Waals surface area contributed by atoms with Gasteiger partial charge >= 0.3 is 0 Å². The third kappa shape index (κ3) is 1.76. The molecule has 4 heteroatoms. The number of ether oxygens (including phenoxy) is 1. The molecule has 3 aromatic rings. The molecule has 0 spiro atoms. The zero-order valence-corrected chi connectivity index (χ0v) is 10.1. The molecule has 17 heavy (non-hydrogen) atoms. The predicted octanol–water partition coefficient (Wildman–Crippen LogP) is 3.37. The minimum absolute atomic E-state index is 0.863. The van der Waals surface area contributed by atoms with Gasteiger partial charge in [0, 0.05) is 6.20 Å². The summed E-state index contributed by atoms with van der Waals surface area (Å²) in [5.41, 5.74) is 1.85. The van der Waals surface area contributed by atoms with Crippen LogP contribution in [0.2, 0.25) is 0 Å². The fourth-order valence-corrected chi connectivity index (χ4v) is 2.72. The third-order valence-corrected chi connectivity index (χ3v) is 3.59. The summed E-state index contributed by atoms with van der Waals surface area (Å²) < 4.78 is 6.39. The highest BCUT2D eigenvalue weighted by molar-refractivity contribution is 7.22. The van der Waals surface area contributed by atoms with Gasteiger partial charge in [0.2, 0.25) is 0 Å². The Morgan fingerprint density at radius 2 is 2.06 bits per heavy atom. The van der Waals surface area contributed by atoms with E-state index in [-0.39, 0.29) is 0 Å². The molecule has 0 saturated carbocycles. The van der Waals surface area contributed by atoms with Crippen molar-refractivity contribution >= 4 is 21.6 Å². The SMILES string of the molecule is COc1cccc2nc(-c3ccccn3)sc12. The van der Waals surface area contributed by atoms with E-state index < -0.39 is 0 Å². The Bertz CT molecular complexity index is 649. The number of aromatic nitrogens is 2. The van der Waals surface area contributed by atoms with Crippen molar-refractivity contribution in [1.29, 1.82) is 0 Å². The molecule has 84 valence electrons. The van der Waals surface area contributed by atoms with Crippen molar-refractivity contribution in [2.45, 2.75) is 0 Å². The van der Waals surface area contributed by atoms with E-state index in [4.69, 9.17) is 4.74 Å². The molecule has 3 nitrogen and oxygen atoms in total. The lowest BCUT2D eigenvalue weighted by Gasteiger charge is -1.97. The molecule has 3 rings (SSSR count). The van der Waals surface area contributed by atoms with Gasteiger partial charge in [0.15, 0.2) is 0 Å². The number of hydrogen-bond acceptors (Lipinski definition) is 4. The molecule has 0 N–H and O–H groups in total. The molecular weight excluding hydrogens is 232 g/mol. The van der Waals surface area contributed by atoms with Crippen molar-refractivity contribution in [1.82, 2.24) is 9.97 Å². The minimum Gasteiger partial charge on any atom is -0.495 e. The molecule has 0 fully saturated rings. The average molecular weight is 242 g/mol. The molecule has 0 atom stereocenters. The van der Waals surface area contributed by atoms with Gasteiger partial charge in [0.05, 0.1) is 23.0 Å². The maximum absolute atomic E-state index is 5.33. The van der Waals surface area contributed by atoms with Gasteiger partial charge in [-0.3, -0.25) is 4.98 Å². The number of fused-ring (bicyclic) bond motifs is 1. The number of hydrogen-bond donors (Lipinski definition) is 0. The van der Waals surface area contributed by atoms with E-state index >= 15 is 0 Å². The van der Waals surface area contributed by atoms with Gasteiger partial charge in [0.1, 0.15) is 10.8 Å². The second-order valence-corrected chi connectivity index (χ2v) is 4.54. The minimum atomic E-state index is 0.863. The maximum Gasteiger partial charge on any atom is 0.143 e. The Labute approximate surface area is 103 Å². The first-order chi connectivity index (χ1) is 8.38. The van der Waals surface area contributed by atoms with Gasteiger partial charge in [-0.05, 0) is 24.3 Å². The Hall–Kier alpha value is -1.94. The number of benzene rings is 1. The molecule has 2 aromatic heterocycles. The molecule has 0 radical (unpaired) electrons. The topological polar surface area (TPSA) is 35.0 Å². The number of pyridine rings is 1. The van der Waals surface area contributed by atoms with Crippen molar-refractivity contribution < 1.29 is 4.74 Å². The van der Waals surface area contributed by atoms with Crippen molar-refractivity contribution in [3.63, 3.8) is 0 Å². The highest BCUT2D eigenvalue weighted by atomic mass is 32.1. The average Bonchev–Trinajstić information content (AvgIpc) is 2.83. The highest BCUT2D eigenvalue weighted by Crippen LogP contribution is 2.34. The quantitative estimate of drug-likeness (QED) is 0.691. The Morgan fingerprint density at radius 1 is 1.12 bits per heavy atom. The summed E-state index contributed by atoms with van der Waals surface area (Å²) in [4.78, 5) is 8.87. The van der Waals surface area contributed by atoms with E-state index in [0.717, 1.165) is 26.7 Å². The summed E-state index contributed by atoms with van der Waals surface area (Å²) in [7, 11) is 1.68. The van der Waals surface area contributed by atoms with Crippen LogP contribution in [0.5, 0.6) is 5.75 Å². The number of nitrogens with zero attached hydrogens (tertiary/aromatic N) is 2. The van der Waals surface area contributed by atoms with Gasteiger partial charge in [-0.15, -0.1) is 11.3 Å². The van der Waals surface area contributed by atoms with Crippen LogP contribution >= 0.6 is 11.3 Å².